The van der Waals surface area contributed by atoms with E-state index in [1.165, 1.54) is 18.2 Å². The van der Waals surface area contributed by atoms with Crippen molar-refractivity contribution in [2.24, 2.45) is 0 Å². The van der Waals surface area contributed by atoms with Crippen LogP contribution in [0.2, 0.25) is 5.02 Å². The minimum absolute atomic E-state index is 0.134. The second-order valence-corrected chi connectivity index (χ2v) is 2.45. The highest BCUT2D eigenvalue weighted by Gasteiger charge is 2.00. The van der Waals surface area contributed by atoms with Crippen LogP contribution < -0.4 is 10.9 Å². The predicted molar refractivity (Wildman–Crippen MR) is 44.2 cm³/mol. The number of rotatable bonds is 3. The van der Waals surface area contributed by atoms with E-state index in [2.05, 4.69) is 10.9 Å². The Morgan fingerprint density at radius 3 is 2.92 bits per heavy atom. The van der Waals surface area contributed by atoms with E-state index in [0.717, 1.165) is 0 Å². The number of carbonyl (C=O) groups is 1. The molecule has 5 heteroatoms. The number of amides is 1. The van der Waals surface area contributed by atoms with Crippen LogP contribution in [-0.4, -0.2) is 6.41 Å². The Morgan fingerprint density at radius 2 is 2.25 bits per heavy atom. The summed E-state index contributed by atoms with van der Waals surface area (Å²) in [5.74, 6) is -0.478. The lowest BCUT2D eigenvalue weighted by atomic mass is 10.3. The third-order valence-electron chi connectivity index (χ3n) is 1.19. The molecule has 0 aromatic heterocycles. The van der Waals surface area contributed by atoms with Gasteiger partial charge in [-0.2, -0.15) is 0 Å². The van der Waals surface area contributed by atoms with Crippen LogP contribution in [0.25, 0.3) is 0 Å². The molecule has 0 radical (unpaired) electrons. The average Bonchev–Trinajstić information content (AvgIpc) is 2.07. The normalized spacial score (nSPS) is 9.17. The smallest absolute Gasteiger partial charge is 0.225 e. The second-order valence-electron chi connectivity index (χ2n) is 2.01. The SMILES string of the molecule is O=CNNc1cc(Cl)ccc1F. The zero-order valence-electron chi connectivity index (χ0n) is 5.97. The van der Waals surface area contributed by atoms with Crippen molar-refractivity contribution < 1.29 is 9.18 Å². The molecule has 0 saturated heterocycles. The van der Waals surface area contributed by atoms with Gasteiger partial charge in [-0.3, -0.25) is 15.6 Å². The van der Waals surface area contributed by atoms with E-state index >= 15 is 0 Å². The number of nitrogens with one attached hydrogen (secondary N) is 2. The van der Waals surface area contributed by atoms with Crippen molar-refractivity contribution in [3.63, 3.8) is 0 Å². The van der Waals surface area contributed by atoms with Crippen LogP contribution in [0.4, 0.5) is 10.1 Å². The van der Waals surface area contributed by atoms with Crippen LogP contribution >= 0.6 is 11.6 Å². The summed E-state index contributed by atoms with van der Waals surface area (Å²) in [7, 11) is 0. The lowest BCUT2D eigenvalue weighted by Gasteiger charge is -2.04. The summed E-state index contributed by atoms with van der Waals surface area (Å²) in [6, 6.07) is 3.99. The first-order valence-electron chi connectivity index (χ1n) is 3.14. The Bertz CT molecular complexity index is 293. The molecule has 0 bridgehead atoms. The van der Waals surface area contributed by atoms with Crippen molar-refractivity contribution in [2.75, 3.05) is 5.43 Å². The molecule has 1 aromatic rings. The minimum atomic E-state index is -0.478. The molecule has 1 aromatic carbocycles. The highest BCUT2D eigenvalue weighted by atomic mass is 35.5. The Morgan fingerprint density at radius 1 is 1.50 bits per heavy atom. The molecule has 0 heterocycles. The number of hydrazine groups is 1. The van der Waals surface area contributed by atoms with Gasteiger partial charge >= 0.3 is 0 Å². The van der Waals surface area contributed by atoms with Crippen LogP contribution in [-0.2, 0) is 4.79 Å². The lowest BCUT2D eigenvalue weighted by molar-refractivity contribution is -0.109. The largest absolute Gasteiger partial charge is 0.296 e. The van der Waals surface area contributed by atoms with Gasteiger partial charge in [0.05, 0.1) is 5.69 Å². The first kappa shape index (κ1) is 8.80. The van der Waals surface area contributed by atoms with Crippen molar-refractivity contribution in [3.05, 3.63) is 29.0 Å². The number of hydrogen-bond donors (Lipinski definition) is 2. The van der Waals surface area contributed by atoms with Gasteiger partial charge in [-0.1, -0.05) is 11.6 Å². The van der Waals surface area contributed by atoms with Gasteiger partial charge in [0.2, 0.25) is 6.41 Å². The molecule has 12 heavy (non-hydrogen) atoms. The van der Waals surface area contributed by atoms with E-state index < -0.39 is 5.82 Å². The van der Waals surface area contributed by atoms with Crippen molar-refractivity contribution in [2.45, 2.75) is 0 Å². The molecule has 0 aliphatic heterocycles. The summed E-state index contributed by atoms with van der Waals surface area (Å²) in [6.45, 7) is 0. The summed E-state index contributed by atoms with van der Waals surface area (Å²) in [5, 5.41) is 0.395. The van der Waals surface area contributed by atoms with E-state index in [1.807, 2.05) is 0 Å². The summed E-state index contributed by atoms with van der Waals surface area (Å²) in [6.07, 6.45) is 0.403. The van der Waals surface area contributed by atoms with Gasteiger partial charge in [-0.05, 0) is 18.2 Å². The Balaban J connectivity index is 2.82. The molecule has 3 nitrogen and oxygen atoms in total. The molecule has 0 saturated carbocycles. The van der Waals surface area contributed by atoms with Gasteiger partial charge in [-0.15, -0.1) is 0 Å². The van der Waals surface area contributed by atoms with E-state index in [4.69, 9.17) is 11.6 Å². The van der Waals surface area contributed by atoms with Crippen LogP contribution in [0, 0.1) is 5.82 Å². The van der Waals surface area contributed by atoms with Crippen LogP contribution in [0.3, 0.4) is 0 Å². The quantitative estimate of drug-likeness (QED) is 0.558. The zero-order chi connectivity index (χ0) is 8.97. The fourth-order valence-corrected chi connectivity index (χ4v) is 0.873. The van der Waals surface area contributed by atoms with Crippen LogP contribution in [0.15, 0.2) is 18.2 Å². The van der Waals surface area contributed by atoms with E-state index in [1.54, 1.807) is 0 Å². The maximum Gasteiger partial charge on any atom is 0.225 e. The zero-order valence-corrected chi connectivity index (χ0v) is 6.73. The Kier molecular flexibility index (Phi) is 2.88. The molecule has 64 valence electrons. The fraction of sp³-hybridized carbons (Fsp3) is 0. The predicted octanol–water partition coefficient (Wildman–Crippen LogP) is 1.55. The van der Waals surface area contributed by atoms with Crippen molar-refractivity contribution in [3.8, 4) is 0 Å². The third-order valence-corrected chi connectivity index (χ3v) is 1.43. The molecular weight excluding hydrogens is 183 g/mol. The van der Waals surface area contributed by atoms with Gasteiger partial charge in [-0.25, -0.2) is 4.39 Å². The Labute approximate surface area is 73.5 Å². The van der Waals surface area contributed by atoms with Crippen molar-refractivity contribution in [1.29, 1.82) is 0 Å². The van der Waals surface area contributed by atoms with Gasteiger partial charge in [0.1, 0.15) is 5.82 Å². The van der Waals surface area contributed by atoms with Gasteiger partial charge in [0.15, 0.2) is 0 Å². The maximum absolute atomic E-state index is 12.8. The standard InChI is InChI=1S/C7H6ClFN2O/c8-5-1-2-6(9)7(3-5)11-10-4-12/h1-4,11H,(H,10,12). The van der Waals surface area contributed by atoms with E-state index in [9.17, 15) is 9.18 Å². The molecule has 0 aliphatic carbocycles. The third kappa shape index (κ3) is 2.10. The number of hydrogen-bond acceptors (Lipinski definition) is 2. The Hall–Kier alpha value is -1.29. The van der Waals surface area contributed by atoms with Crippen LogP contribution in [0.5, 0.6) is 0 Å². The second kappa shape index (κ2) is 3.92. The monoisotopic (exact) mass is 188 g/mol. The molecule has 0 aliphatic rings. The maximum atomic E-state index is 12.8. The molecule has 0 unspecified atom stereocenters. The number of anilines is 1. The molecule has 0 atom stereocenters. The number of carbonyl (C=O) groups excluding carboxylic acids is 1. The topological polar surface area (TPSA) is 41.1 Å². The van der Waals surface area contributed by atoms with Crippen molar-refractivity contribution in [1.82, 2.24) is 5.43 Å². The first-order valence-corrected chi connectivity index (χ1v) is 3.52. The summed E-state index contributed by atoms with van der Waals surface area (Å²) >= 11 is 5.57. The lowest BCUT2D eigenvalue weighted by Crippen LogP contribution is -2.19. The van der Waals surface area contributed by atoms with E-state index in [0.29, 0.717) is 11.4 Å². The molecule has 0 spiro atoms. The molecule has 2 N–H and O–H groups in total. The highest BCUT2D eigenvalue weighted by Crippen LogP contribution is 2.18. The van der Waals surface area contributed by atoms with Gasteiger partial charge in [0.25, 0.3) is 0 Å². The first-order chi connectivity index (χ1) is 5.74. The summed E-state index contributed by atoms with van der Waals surface area (Å²) in [4.78, 5) is 9.85. The number of benzene rings is 1. The molecule has 0 fully saturated rings. The highest BCUT2D eigenvalue weighted by molar-refractivity contribution is 6.30. The molecule has 1 rings (SSSR count). The van der Waals surface area contributed by atoms with Gasteiger partial charge < -0.3 is 0 Å². The van der Waals surface area contributed by atoms with Crippen molar-refractivity contribution >= 4 is 23.7 Å². The van der Waals surface area contributed by atoms with Crippen LogP contribution in [0.1, 0.15) is 0 Å². The van der Waals surface area contributed by atoms with E-state index in [-0.39, 0.29) is 5.69 Å². The number of halogens is 2. The fourth-order valence-electron chi connectivity index (χ4n) is 0.701. The molecular formula is C7H6ClFN2O. The van der Waals surface area contributed by atoms with Gasteiger partial charge in [0, 0.05) is 5.02 Å². The average molecular weight is 189 g/mol. The molecule has 1 amide bonds. The minimum Gasteiger partial charge on any atom is -0.296 e. The summed E-state index contributed by atoms with van der Waals surface area (Å²) in [5.41, 5.74) is 4.56. The summed E-state index contributed by atoms with van der Waals surface area (Å²) < 4.78 is 12.8.